The van der Waals surface area contributed by atoms with Crippen molar-refractivity contribution < 1.29 is 9.79 Å². The Morgan fingerprint density at radius 3 is 1.50 bits per heavy atom. The topological polar surface area (TPSA) is 40.5 Å². The summed E-state index contributed by atoms with van der Waals surface area (Å²) in [4.78, 5) is 18.3. The van der Waals surface area contributed by atoms with E-state index in [0.717, 1.165) is 0 Å². The number of thiol groups is 1. The van der Waals surface area contributed by atoms with Gasteiger partial charge in [0.1, 0.15) is 0 Å². The van der Waals surface area contributed by atoms with Gasteiger partial charge in [0.25, 0.3) is 0 Å². The Morgan fingerprint density at radius 1 is 1.25 bits per heavy atom. The van der Waals surface area contributed by atoms with Crippen LogP contribution in [0.3, 0.4) is 0 Å². The molecule has 52 valence electrons. The maximum atomic E-state index is 9.15. The van der Waals surface area contributed by atoms with Crippen LogP contribution in [0.5, 0.6) is 0 Å². The van der Waals surface area contributed by atoms with Gasteiger partial charge in [0.2, 0.25) is 0 Å². The number of hydrogen-bond donors (Lipinski definition) is 3. The second kappa shape index (κ2) is 2.14. The van der Waals surface area contributed by atoms with Crippen molar-refractivity contribution in [2.24, 2.45) is 0 Å². The zero-order valence-corrected chi connectivity index (χ0v) is 6.99. The van der Waals surface area contributed by atoms with Crippen LogP contribution in [0, 0.1) is 0 Å². The van der Waals surface area contributed by atoms with E-state index in [1.165, 1.54) is 0 Å². The van der Waals surface area contributed by atoms with Crippen molar-refractivity contribution in [2.45, 2.75) is 13.8 Å². The molecule has 0 aliphatic heterocycles. The molecular weight excluding hydrogens is 143 g/mol. The molecule has 4 heteroatoms. The van der Waals surface area contributed by atoms with Gasteiger partial charge in [0.05, 0.1) is 0 Å². The Morgan fingerprint density at radius 2 is 1.50 bits per heavy atom. The van der Waals surface area contributed by atoms with E-state index < -0.39 is 6.26 Å². The van der Waals surface area contributed by atoms with Gasteiger partial charge in [-0.1, -0.05) is 0 Å². The van der Waals surface area contributed by atoms with Crippen molar-refractivity contribution in [3.63, 3.8) is 0 Å². The molecule has 0 aliphatic rings. The summed E-state index contributed by atoms with van der Waals surface area (Å²) in [5.41, 5.74) is 0. The van der Waals surface area contributed by atoms with E-state index in [1.54, 1.807) is 13.8 Å². The van der Waals surface area contributed by atoms with Gasteiger partial charge in [-0.15, -0.1) is 0 Å². The Hall–Kier alpha value is 0.700. The van der Waals surface area contributed by atoms with Crippen LogP contribution in [0.15, 0.2) is 0 Å². The van der Waals surface area contributed by atoms with Crippen molar-refractivity contribution in [1.82, 2.24) is 0 Å². The van der Waals surface area contributed by atoms with E-state index >= 15 is 0 Å². The molecular formula is C4H13O2PS. The van der Waals surface area contributed by atoms with Crippen molar-refractivity contribution in [3.05, 3.63) is 0 Å². The van der Waals surface area contributed by atoms with Gasteiger partial charge in [0, 0.05) is 0 Å². The molecule has 0 radical (unpaired) electrons. The van der Waals surface area contributed by atoms with E-state index in [4.69, 9.17) is 9.79 Å². The van der Waals surface area contributed by atoms with E-state index in [9.17, 15) is 0 Å². The first-order valence-electron chi connectivity index (χ1n) is 2.65. The van der Waals surface area contributed by atoms with Gasteiger partial charge >= 0.3 is 54.5 Å². The second-order valence-electron chi connectivity index (χ2n) is 1.97. The maximum absolute atomic E-state index is 9.15. The molecule has 0 spiro atoms. The van der Waals surface area contributed by atoms with Crippen molar-refractivity contribution >= 4 is 18.5 Å². The molecule has 0 fully saturated rings. The fourth-order valence-corrected chi connectivity index (χ4v) is 0.671. The van der Waals surface area contributed by atoms with Gasteiger partial charge in [0.15, 0.2) is 0 Å². The fraction of sp³-hybridized carbons (Fsp3) is 1.00. The molecule has 0 aromatic carbocycles. The summed E-state index contributed by atoms with van der Waals surface area (Å²) in [6.45, 7) is 3.46. The summed E-state index contributed by atoms with van der Waals surface area (Å²) >= 11 is 3.78. The first-order valence-corrected chi connectivity index (χ1v) is 6.31. The number of hydrogen-bond acceptors (Lipinski definition) is 3. The van der Waals surface area contributed by atoms with Crippen LogP contribution in [0.4, 0.5) is 0 Å². The monoisotopic (exact) mass is 156 g/mol. The molecule has 8 heavy (non-hydrogen) atoms. The molecule has 0 saturated carbocycles. The van der Waals surface area contributed by atoms with Crippen LogP contribution in [-0.4, -0.2) is 22.1 Å². The van der Waals surface area contributed by atoms with Crippen LogP contribution in [0.1, 0.15) is 13.8 Å². The van der Waals surface area contributed by atoms with E-state index in [0.29, 0.717) is 12.3 Å². The van der Waals surface area contributed by atoms with E-state index in [-0.39, 0.29) is 0 Å². The predicted molar refractivity (Wildman–Crippen MR) is 41.4 cm³/mol. The molecule has 0 saturated heterocycles. The Labute approximate surface area is 55.2 Å². The van der Waals surface area contributed by atoms with Crippen LogP contribution in [0.2, 0.25) is 0 Å². The van der Waals surface area contributed by atoms with Gasteiger partial charge < -0.3 is 0 Å². The molecule has 2 nitrogen and oxygen atoms in total. The minimum atomic E-state index is -3.41. The molecule has 0 aromatic rings. The Balaban J connectivity index is 3.99. The van der Waals surface area contributed by atoms with Crippen LogP contribution in [-0.2, 0) is 0 Å². The normalized spacial score (nSPS) is 17.4. The summed E-state index contributed by atoms with van der Waals surface area (Å²) in [5.74, 6) is 0. The first-order chi connectivity index (χ1) is 3.39. The van der Waals surface area contributed by atoms with Crippen molar-refractivity contribution in [1.29, 1.82) is 0 Å². The van der Waals surface area contributed by atoms with Crippen LogP contribution in [0.25, 0.3) is 0 Å². The molecule has 0 amide bonds. The zero-order valence-electron chi connectivity index (χ0n) is 5.20. The van der Waals surface area contributed by atoms with E-state index in [2.05, 4.69) is 12.2 Å². The molecule has 0 unspecified atom stereocenters. The van der Waals surface area contributed by atoms with Gasteiger partial charge in [-0.25, -0.2) is 0 Å². The summed E-state index contributed by atoms with van der Waals surface area (Å²) in [7, 11) is 0. The molecule has 0 heterocycles. The fourth-order valence-electron chi connectivity index (χ4n) is 0.224. The average Bonchev–Trinajstić information content (AvgIpc) is 1.68. The molecule has 2 N–H and O–H groups in total. The van der Waals surface area contributed by atoms with Gasteiger partial charge in [-0.2, -0.15) is 0 Å². The van der Waals surface area contributed by atoms with Crippen molar-refractivity contribution in [2.75, 3.05) is 12.3 Å². The predicted octanol–water partition coefficient (Wildman–Crippen LogP) is 1.24. The Kier molecular flexibility index (Phi) is 2.33. The molecule has 0 aromatic heterocycles. The third-order valence-electron chi connectivity index (χ3n) is 1.30. The number of rotatable bonds is 2. The average molecular weight is 156 g/mol. The second-order valence-corrected chi connectivity index (χ2v) is 8.69. The third-order valence-corrected chi connectivity index (χ3v) is 5.58. The summed E-state index contributed by atoms with van der Waals surface area (Å²) in [6.07, 6.45) is -2.67. The van der Waals surface area contributed by atoms with E-state index in [1.807, 2.05) is 0 Å². The van der Waals surface area contributed by atoms with Gasteiger partial charge in [-0.3, -0.25) is 0 Å². The summed E-state index contributed by atoms with van der Waals surface area (Å²) in [6, 6.07) is 0. The Bertz CT molecular complexity index is 77.8. The first kappa shape index (κ1) is 8.70. The van der Waals surface area contributed by atoms with Crippen LogP contribution < -0.4 is 0 Å². The zero-order chi connectivity index (χ0) is 6.86. The van der Waals surface area contributed by atoms with Crippen molar-refractivity contribution in [3.8, 4) is 0 Å². The SMILES string of the molecule is CCP(O)(O)(S)CC. The molecule has 0 bridgehead atoms. The molecule has 0 rings (SSSR count). The molecule has 0 atom stereocenters. The quantitative estimate of drug-likeness (QED) is 0.416. The summed E-state index contributed by atoms with van der Waals surface area (Å²) < 4.78 is 0. The molecule has 0 aliphatic carbocycles. The van der Waals surface area contributed by atoms with Gasteiger partial charge in [-0.05, 0) is 0 Å². The summed E-state index contributed by atoms with van der Waals surface area (Å²) in [5, 5.41) is 0. The standard InChI is InChI=1S/C4H13O2PS/c1-3-7(5,6,8)4-2/h5-6,8H,3-4H2,1-2H3. The minimum absolute atomic E-state index is 0.366. The third kappa shape index (κ3) is 2.88. The van der Waals surface area contributed by atoms with Crippen LogP contribution >= 0.6 is 18.5 Å².